The molecule has 0 heterocycles. The maximum Gasteiger partial charge on any atom is 0.522 e. The number of alkyl halides is 3. The number of hydrogen-bond donors (Lipinski definition) is 1. The first-order chi connectivity index (χ1) is 9.68. The summed E-state index contributed by atoms with van der Waals surface area (Å²) in [5, 5.41) is 0. The van der Waals surface area contributed by atoms with Crippen LogP contribution in [-0.4, -0.2) is 18.5 Å². The minimum atomic E-state index is -5.84. The first-order valence-electron chi connectivity index (χ1n) is 5.89. The molecule has 0 saturated heterocycles. The Labute approximate surface area is 133 Å². The Bertz CT molecular complexity index is 560. The molecule has 0 spiro atoms. The van der Waals surface area contributed by atoms with E-state index in [-0.39, 0.29) is 21.2 Å². The Morgan fingerprint density at radius 3 is 2.19 bits per heavy atom. The topological polar surface area (TPSA) is 54.4 Å². The van der Waals surface area contributed by atoms with E-state index in [2.05, 4.69) is 47.1 Å². The minimum absolute atomic E-state index is 0.0522. The number of rotatable bonds is 3. The summed E-state index contributed by atoms with van der Waals surface area (Å²) in [5.74, 6) is 3.23. The van der Waals surface area contributed by atoms with Crippen LogP contribution in [-0.2, 0) is 10.1 Å². The molecule has 0 atom stereocenters. The number of halogens is 4. The third kappa shape index (κ3) is 10.6. The smallest absolute Gasteiger partial charge is 0.279 e. The maximum absolute atomic E-state index is 10.7. The molecule has 0 aromatic heterocycles. The average Bonchev–Trinajstić information content (AvgIpc) is 2.38. The Hall–Kier alpha value is -0.790. The van der Waals surface area contributed by atoms with Crippen molar-refractivity contribution in [1.29, 1.82) is 0 Å². The Balaban J connectivity index is 0.000000433. The van der Waals surface area contributed by atoms with Gasteiger partial charge in [0.1, 0.15) is 0 Å². The summed E-state index contributed by atoms with van der Waals surface area (Å²) in [7, 11) is -5.84. The molecule has 0 aliphatic carbocycles. The Kier molecular flexibility index (Phi) is 9.65. The second-order valence-corrected chi connectivity index (χ2v) is 7.42. The zero-order chi connectivity index (χ0) is 16.4. The molecule has 21 heavy (non-hydrogen) atoms. The summed E-state index contributed by atoms with van der Waals surface area (Å²) < 4.78 is 62.3. The van der Waals surface area contributed by atoms with Crippen LogP contribution in [0.2, 0.25) is 0 Å². The second-order valence-electron chi connectivity index (χ2n) is 3.69. The molecule has 3 nitrogen and oxygen atoms in total. The van der Waals surface area contributed by atoms with Crippen molar-refractivity contribution >= 4 is 10.1 Å². The number of hydrogen-bond acceptors (Lipinski definition) is 2. The van der Waals surface area contributed by atoms with Gasteiger partial charge in [-0.1, -0.05) is 0 Å². The van der Waals surface area contributed by atoms with Gasteiger partial charge in [-0.15, -0.1) is 0 Å². The third-order valence-corrected chi connectivity index (χ3v) is 4.48. The van der Waals surface area contributed by atoms with Crippen LogP contribution in [0.25, 0.3) is 0 Å². The number of benzene rings is 1. The van der Waals surface area contributed by atoms with Gasteiger partial charge in [0.05, 0.1) is 0 Å². The minimum Gasteiger partial charge on any atom is -0.279 e. The standard InChI is InChI=1S/C12H14I.CHF3O3S/c1-2-3-4-8-11-13-12-9-6-5-7-10-12;2-1(3,4)8(5,6)7/h5-7,9-10H,2-4H2,1H3;(H,5,6,7)/q-1;. The van der Waals surface area contributed by atoms with Crippen LogP contribution in [0.15, 0.2) is 30.3 Å². The zero-order valence-electron chi connectivity index (χ0n) is 11.2. The van der Waals surface area contributed by atoms with Crippen molar-refractivity contribution in [3.63, 3.8) is 0 Å². The van der Waals surface area contributed by atoms with E-state index in [9.17, 15) is 13.2 Å². The predicted octanol–water partition coefficient (Wildman–Crippen LogP) is 0.490. The summed E-state index contributed by atoms with van der Waals surface area (Å²) in [6.07, 6.45) is 3.56. The SMILES string of the molecule is CCCCC#C[I-]c1ccccc1.O=S(=O)(O)C(F)(F)F. The second kappa shape index (κ2) is 10.0. The largest absolute Gasteiger partial charge is 0.522 e. The van der Waals surface area contributed by atoms with Gasteiger partial charge in [0.2, 0.25) is 0 Å². The molecule has 0 fully saturated rings. The van der Waals surface area contributed by atoms with Gasteiger partial charge < -0.3 is 0 Å². The van der Waals surface area contributed by atoms with Crippen molar-refractivity contribution in [2.75, 3.05) is 0 Å². The van der Waals surface area contributed by atoms with E-state index in [1.54, 1.807) is 0 Å². The summed E-state index contributed by atoms with van der Waals surface area (Å²) >= 11 is -0.0522. The van der Waals surface area contributed by atoms with E-state index in [1.807, 2.05) is 0 Å². The summed E-state index contributed by atoms with van der Waals surface area (Å²) in [5.41, 5.74) is -5.53. The van der Waals surface area contributed by atoms with Crippen LogP contribution in [0.3, 0.4) is 0 Å². The first kappa shape index (κ1) is 20.2. The van der Waals surface area contributed by atoms with Crippen molar-refractivity contribution in [2.24, 2.45) is 0 Å². The molecule has 0 unspecified atom stereocenters. The predicted molar refractivity (Wildman–Crippen MR) is 70.0 cm³/mol. The fraction of sp³-hybridized carbons (Fsp3) is 0.385. The normalized spacial score (nSPS) is 11.1. The Morgan fingerprint density at radius 1 is 1.24 bits per heavy atom. The van der Waals surface area contributed by atoms with E-state index in [0.29, 0.717) is 0 Å². The van der Waals surface area contributed by atoms with Crippen LogP contribution < -0.4 is 21.2 Å². The van der Waals surface area contributed by atoms with E-state index in [0.717, 1.165) is 6.42 Å². The molecular formula is C13H15F3IO3S-. The quantitative estimate of drug-likeness (QED) is 0.247. The summed E-state index contributed by atoms with van der Waals surface area (Å²) in [4.78, 5) is 0. The zero-order valence-corrected chi connectivity index (χ0v) is 14.2. The molecule has 120 valence electrons. The molecule has 1 aromatic rings. The van der Waals surface area contributed by atoms with Gasteiger partial charge in [0, 0.05) is 0 Å². The first-order valence-corrected chi connectivity index (χ1v) is 9.48. The summed E-state index contributed by atoms with van der Waals surface area (Å²) in [6.45, 7) is 2.20. The van der Waals surface area contributed by atoms with Crippen molar-refractivity contribution < 1.29 is 47.3 Å². The molecule has 0 bridgehead atoms. The van der Waals surface area contributed by atoms with Crippen molar-refractivity contribution in [1.82, 2.24) is 0 Å². The average molecular weight is 435 g/mol. The number of unbranched alkanes of at least 4 members (excludes halogenated alkanes) is 2. The monoisotopic (exact) mass is 435 g/mol. The molecule has 0 radical (unpaired) electrons. The van der Waals surface area contributed by atoms with E-state index >= 15 is 0 Å². The van der Waals surface area contributed by atoms with Gasteiger partial charge in [0.25, 0.3) is 0 Å². The van der Waals surface area contributed by atoms with E-state index < -0.39 is 15.6 Å². The molecule has 0 saturated carbocycles. The van der Waals surface area contributed by atoms with Gasteiger partial charge in [-0.25, -0.2) is 0 Å². The molecule has 0 aliphatic rings. The third-order valence-electron chi connectivity index (χ3n) is 1.90. The molecule has 0 amide bonds. The van der Waals surface area contributed by atoms with Crippen molar-refractivity contribution in [3.05, 3.63) is 33.9 Å². The van der Waals surface area contributed by atoms with E-state index in [1.165, 1.54) is 16.4 Å². The molecule has 0 aliphatic heterocycles. The maximum atomic E-state index is 10.7. The van der Waals surface area contributed by atoms with E-state index in [4.69, 9.17) is 13.0 Å². The molecular weight excluding hydrogens is 420 g/mol. The molecule has 8 heteroatoms. The van der Waals surface area contributed by atoms with Gasteiger partial charge in [-0.2, -0.15) is 21.6 Å². The van der Waals surface area contributed by atoms with Gasteiger partial charge in [-0.05, 0) is 0 Å². The molecule has 1 aromatic carbocycles. The fourth-order valence-corrected chi connectivity index (χ4v) is 2.42. The van der Waals surface area contributed by atoms with Crippen LogP contribution >= 0.6 is 0 Å². The van der Waals surface area contributed by atoms with Crippen LogP contribution in [0.4, 0.5) is 13.2 Å². The van der Waals surface area contributed by atoms with Crippen LogP contribution in [0.5, 0.6) is 0 Å². The Morgan fingerprint density at radius 2 is 1.76 bits per heavy atom. The van der Waals surface area contributed by atoms with Gasteiger partial charge in [0.15, 0.2) is 0 Å². The molecule has 1 N–H and O–H groups in total. The van der Waals surface area contributed by atoms with Gasteiger partial charge >= 0.3 is 107 Å². The van der Waals surface area contributed by atoms with Crippen molar-refractivity contribution in [2.45, 2.75) is 31.7 Å². The summed E-state index contributed by atoms with van der Waals surface area (Å²) in [6, 6.07) is 10.6. The van der Waals surface area contributed by atoms with Crippen LogP contribution in [0.1, 0.15) is 26.2 Å². The fourth-order valence-electron chi connectivity index (χ4n) is 0.878. The van der Waals surface area contributed by atoms with Crippen LogP contribution in [0, 0.1) is 13.4 Å². The van der Waals surface area contributed by atoms with Gasteiger partial charge in [-0.3, -0.25) is 4.55 Å². The van der Waals surface area contributed by atoms with Crippen molar-refractivity contribution in [3.8, 4) is 9.85 Å². The molecule has 1 rings (SSSR count).